The van der Waals surface area contributed by atoms with Gasteiger partial charge in [-0.2, -0.15) is 17.0 Å². The summed E-state index contributed by atoms with van der Waals surface area (Å²) >= 11 is 5.82. The summed E-state index contributed by atoms with van der Waals surface area (Å²) in [6, 6.07) is 0. The van der Waals surface area contributed by atoms with Crippen LogP contribution >= 0.6 is 11.6 Å². The predicted molar refractivity (Wildman–Crippen MR) is 73.0 cm³/mol. The first-order valence-corrected chi connectivity index (χ1v) is 8.47. The molecule has 0 amide bonds. The van der Waals surface area contributed by atoms with E-state index in [-0.39, 0.29) is 0 Å². The van der Waals surface area contributed by atoms with Crippen molar-refractivity contribution in [2.24, 2.45) is 5.92 Å². The zero-order valence-electron chi connectivity index (χ0n) is 10.9. The van der Waals surface area contributed by atoms with Crippen LogP contribution in [0.4, 0.5) is 0 Å². The highest BCUT2D eigenvalue weighted by molar-refractivity contribution is 7.86. The lowest BCUT2D eigenvalue weighted by Crippen LogP contribution is -2.53. The Morgan fingerprint density at radius 1 is 1.00 bits per heavy atom. The SMILES string of the molecule is CN1CCN(S(=O)(=O)N2CCC(CCl)CC2)CC1. The minimum atomic E-state index is -3.24. The molecule has 7 heteroatoms. The van der Waals surface area contributed by atoms with Crippen molar-refractivity contribution in [3.8, 4) is 0 Å². The van der Waals surface area contributed by atoms with Crippen LogP contribution in [0.25, 0.3) is 0 Å². The Hall–Kier alpha value is 0.120. The molecule has 2 saturated heterocycles. The number of nitrogens with zero attached hydrogens (tertiary/aromatic N) is 3. The zero-order valence-corrected chi connectivity index (χ0v) is 12.5. The fourth-order valence-electron chi connectivity index (χ4n) is 2.48. The summed E-state index contributed by atoms with van der Waals surface area (Å²) < 4.78 is 28.1. The van der Waals surface area contributed by atoms with Crippen LogP contribution in [-0.2, 0) is 10.2 Å². The summed E-state index contributed by atoms with van der Waals surface area (Å²) in [6.07, 6.45) is 1.77. The lowest BCUT2D eigenvalue weighted by atomic mass is 10.0. The average molecular weight is 296 g/mol. The Kier molecular flexibility index (Phi) is 4.88. The van der Waals surface area contributed by atoms with E-state index in [1.54, 1.807) is 8.61 Å². The fraction of sp³-hybridized carbons (Fsp3) is 1.00. The van der Waals surface area contributed by atoms with Gasteiger partial charge in [0.05, 0.1) is 0 Å². The maximum absolute atomic E-state index is 12.4. The van der Waals surface area contributed by atoms with Crippen molar-refractivity contribution in [2.45, 2.75) is 12.8 Å². The van der Waals surface area contributed by atoms with E-state index in [0.717, 1.165) is 25.9 Å². The van der Waals surface area contributed by atoms with Crippen molar-refractivity contribution in [3.63, 3.8) is 0 Å². The molecule has 2 aliphatic heterocycles. The number of hydrogen-bond donors (Lipinski definition) is 0. The van der Waals surface area contributed by atoms with Crippen LogP contribution in [0.1, 0.15) is 12.8 Å². The van der Waals surface area contributed by atoms with Crippen molar-refractivity contribution in [1.29, 1.82) is 0 Å². The van der Waals surface area contributed by atoms with Gasteiger partial charge in [-0.1, -0.05) is 0 Å². The van der Waals surface area contributed by atoms with E-state index < -0.39 is 10.2 Å². The first-order chi connectivity index (χ1) is 8.54. The number of alkyl halides is 1. The molecule has 2 aliphatic rings. The van der Waals surface area contributed by atoms with Crippen molar-refractivity contribution in [3.05, 3.63) is 0 Å². The van der Waals surface area contributed by atoms with Gasteiger partial charge in [-0.15, -0.1) is 11.6 Å². The summed E-state index contributed by atoms with van der Waals surface area (Å²) in [7, 11) is -1.22. The summed E-state index contributed by atoms with van der Waals surface area (Å²) in [5.41, 5.74) is 0. The third-order valence-electron chi connectivity index (χ3n) is 3.91. The van der Waals surface area contributed by atoms with Crippen LogP contribution in [0.15, 0.2) is 0 Å². The molecule has 0 atom stereocenters. The van der Waals surface area contributed by atoms with Crippen molar-refractivity contribution in [2.75, 3.05) is 52.2 Å². The number of piperidine rings is 1. The van der Waals surface area contributed by atoms with Gasteiger partial charge in [-0.25, -0.2) is 0 Å². The topological polar surface area (TPSA) is 43.9 Å². The largest absolute Gasteiger partial charge is 0.304 e. The molecule has 0 aromatic carbocycles. The Morgan fingerprint density at radius 2 is 1.50 bits per heavy atom. The molecule has 0 N–H and O–H groups in total. The quantitative estimate of drug-likeness (QED) is 0.709. The van der Waals surface area contributed by atoms with E-state index in [9.17, 15) is 8.42 Å². The Balaban J connectivity index is 1.95. The van der Waals surface area contributed by atoms with Crippen LogP contribution < -0.4 is 0 Å². The van der Waals surface area contributed by atoms with E-state index in [4.69, 9.17) is 11.6 Å². The summed E-state index contributed by atoms with van der Waals surface area (Å²) in [5.74, 6) is 1.12. The molecule has 0 aliphatic carbocycles. The minimum absolute atomic E-state index is 0.477. The molecule has 0 aromatic heterocycles. The summed E-state index contributed by atoms with van der Waals surface area (Å²) in [6.45, 7) is 4.08. The number of hydrogen-bond acceptors (Lipinski definition) is 3. The van der Waals surface area contributed by atoms with Crippen molar-refractivity contribution < 1.29 is 8.42 Å². The summed E-state index contributed by atoms with van der Waals surface area (Å²) in [4.78, 5) is 2.16. The van der Waals surface area contributed by atoms with Crippen LogP contribution in [0, 0.1) is 5.92 Å². The second kappa shape index (κ2) is 6.05. The number of likely N-dealkylation sites (N-methyl/N-ethyl adjacent to an activating group) is 1. The molecule has 2 fully saturated rings. The van der Waals surface area contributed by atoms with Gasteiger partial charge in [0.25, 0.3) is 10.2 Å². The molecule has 0 bridgehead atoms. The molecule has 0 aromatic rings. The third-order valence-corrected chi connectivity index (χ3v) is 6.38. The molecule has 106 valence electrons. The first kappa shape index (κ1) is 14.5. The Labute approximate surface area is 115 Å². The highest BCUT2D eigenvalue weighted by Crippen LogP contribution is 2.22. The number of halogens is 1. The standard InChI is InChI=1S/C11H22ClN3O2S/c1-13-6-8-15(9-7-13)18(16,17)14-4-2-11(10-12)3-5-14/h11H,2-10H2,1H3. The van der Waals surface area contributed by atoms with E-state index in [1.165, 1.54) is 0 Å². The van der Waals surface area contributed by atoms with Gasteiger partial charge >= 0.3 is 0 Å². The smallest absolute Gasteiger partial charge is 0.282 e. The molecule has 5 nitrogen and oxygen atoms in total. The second-order valence-electron chi connectivity index (χ2n) is 5.21. The lowest BCUT2D eigenvalue weighted by molar-refractivity contribution is 0.202. The van der Waals surface area contributed by atoms with Crippen molar-refractivity contribution >= 4 is 21.8 Å². The minimum Gasteiger partial charge on any atom is -0.304 e. The molecule has 2 rings (SSSR count). The number of rotatable bonds is 3. The van der Waals surface area contributed by atoms with Gasteiger partial charge in [-0.05, 0) is 25.8 Å². The van der Waals surface area contributed by atoms with Crippen LogP contribution in [0.5, 0.6) is 0 Å². The van der Waals surface area contributed by atoms with Gasteiger partial charge in [0, 0.05) is 45.1 Å². The van der Waals surface area contributed by atoms with Crippen LogP contribution in [0.3, 0.4) is 0 Å². The Morgan fingerprint density at radius 3 is 2.00 bits per heavy atom. The van der Waals surface area contributed by atoms with Gasteiger partial charge in [-0.3, -0.25) is 0 Å². The molecule has 0 saturated carbocycles. The van der Waals surface area contributed by atoms with E-state index in [0.29, 0.717) is 38.0 Å². The van der Waals surface area contributed by atoms with Crippen LogP contribution in [0.2, 0.25) is 0 Å². The number of piperazine rings is 1. The molecule has 0 unspecified atom stereocenters. The van der Waals surface area contributed by atoms with E-state index >= 15 is 0 Å². The molecule has 0 radical (unpaired) electrons. The van der Waals surface area contributed by atoms with Crippen LogP contribution in [-0.4, -0.2) is 74.1 Å². The highest BCUT2D eigenvalue weighted by Gasteiger charge is 2.33. The van der Waals surface area contributed by atoms with Gasteiger partial charge < -0.3 is 4.90 Å². The molecule has 2 heterocycles. The fourth-order valence-corrected chi connectivity index (χ4v) is 4.41. The van der Waals surface area contributed by atoms with E-state index in [2.05, 4.69) is 4.90 Å². The van der Waals surface area contributed by atoms with Gasteiger partial charge in [0.2, 0.25) is 0 Å². The van der Waals surface area contributed by atoms with E-state index in [1.807, 2.05) is 7.05 Å². The van der Waals surface area contributed by atoms with Gasteiger partial charge in [0.1, 0.15) is 0 Å². The highest BCUT2D eigenvalue weighted by atomic mass is 35.5. The second-order valence-corrected chi connectivity index (χ2v) is 7.44. The average Bonchev–Trinajstić information content (AvgIpc) is 2.39. The predicted octanol–water partition coefficient (Wildman–Crippen LogP) is 0.429. The first-order valence-electron chi connectivity index (χ1n) is 6.54. The maximum Gasteiger partial charge on any atom is 0.282 e. The monoisotopic (exact) mass is 295 g/mol. The molecule has 0 spiro atoms. The third kappa shape index (κ3) is 3.17. The normalized spacial score (nSPS) is 26.6. The lowest BCUT2D eigenvalue weighted by Gasteiger charge is -2.37. The van der Waals surface area contributed by atoms with Gasteiger partial charge in [0.15, 0.2) is 0 Å². The van der Waals surface area contributed by atoms with Crippen molar-refractivity contribution in [1.82, 2.24) is 13.5 Å². The molecular formula is C11H22ClN3O2S. The molecular weight excluding hydrogens is 274 g/mol. The summed E-state index contributed by atoms with van der Waals surface area (Å²) in [5, 5.41) is 0. The maximum atomic E-state index is 12.4. The Bertz CT molecular complexity index is 360. The zero-order chi connectivity index (χ0) is 13.2. The molecule has 18 heavy (non-hydrogen) atoms.